The van der Waals surface area contributed by atoms with Crippen LogP contribution in [0.25, 0.3) is 0 Å². The fourth-order valence-corrected chi connectivity index (χ4v) is 3.59. The Morgan fingerprint density at radius 3 is 2.24 bits per heavy atom. The minimum atomic E-state index is -0.871. The monoisotopic (exact) mass is 403 g/mol. The van der Waals surface area contributed by atoms with Gasteiger partial charge < -0.3 is 24.2 Å². The Hall–Kier alpha value is -3.10. The van der Waals surface area contributed by atoms with Gasteiger partial charge >= 0.3 is 11.9 Å². The molecule has 0 saturated carbocycles. The zero-order chi connectivity index (χ0) is 21.0. The standard InChI is InChI=1S/C20H25N3O6/c1-3-29-20(27)19(26)22-10-8-21(9-11-22)18(25)14-12-17(24)23(13-14)15-4-6-16(28-2)7-5-15/h4-7,14H,3,8-13H2,1-2H3/t14-/m1/s1. The molecule has 1 atom stereocenters. The molecule has 3 amide bonds. The fourth-order valence-electron chi connectivity index (χ4n) is 3.59. The summed E-state index contributed by atoms with van der Waals surface area (Å²) in [4.78, 5) is 53.5. The van der Waals surface area contributed by atoms with Gasteiger partial charge in [0.25, 0.3) is 0 Å². The van der Waals surface area contributed by atoms with E-state index >= 15 is 0 Å². The maximum Gasteiger partial charge on any atom is 0.397 e. The van der Waals surface area contributed by atoms with E-state index in [0.717, 1.165) is 5.69 Å². The van der Waals surface area contributed by atoms with Gasteiger partial charge in [0.15, 0.2) is 0 Å². The van der Waals surface area contributed by atoms with Crippen LogP contribution in [0.1, 0.15) is 13.3 Å². The molecule has 2 fully saturated rings. The zero-order valence-electron chi connectivity index (χ0n) is 16.6. The van der Waals surface area contributed by atoms with Gasteiger partial charge in [0.1, 0.15) is 5.75 Å². The lowest BCUT2D eigenvalue weighted by molar-refractivity contribution is -0.161. The quantitative estimate of drug-likeness (QED) is 0.529. The van der Waals surface area contributed by atoms with E-state index in [1.807, 2.05) is 0 Å². The smallest absolute Gasteiger partial charge is 0.397 e. The lowest BCUT2D eigenvalue weighted by Gasteiger charge is -2.35. The number of benzene rings is 1. The van der Waals surface area contributed by atoms with Gasteiger partial charge in [-0.3, -0.25) is 14.4 Å². The highest BCUT2D eigenvalue weighted by atomic mass is 16.5. The van der Waals surface area contributed by atoms with Crippen molar-refractivity contribution in [2.45, 2.75) is 13.3 Å². The number of anilines is 1. The molecule has 2 heterocycles. The van der Waals surface area contributed by atoms with E-state index in [-0.39, 0.29) is 37.9 Å². The first-order valence-electron chi connectivity index (χ1n) is 9.63. The van der Waals surface area contributed by atoms with Gasteiger partial charge in [-0.1, -0.05) is 0 Å². The molecule has 0 N–H and O–H groups in total. The van der Waals surface area contributed by atoms with E-state index in [0.29, 0.717) is 25.4 Å². The number of hydrogen-bond donors (Lipinski definition) is 0. The molecular weight excluding hydrogens is 378 g/mol. The van der Waals surface area contributed by atoms with E-state index in [9.17, 15) is 19.2 Å². The lowest BCUT2D eigenvalue weighted by Crippen LogP contribution is -2.53. The largest absolute Gasteiger partial charge is 0.497 e. The van der Waals surface area contributed by atoms with Crippen molar-refractivity contribution in [2.24, 2.45) is 5.92 Å². The molecule has 0 bridgehead atoms. The van der Waals surface area contributed by atoms with Crippen LogP contribution in [0.4, 0.5) is 5.69 Å². The van der Waals surface area contributed by atoms with Crippen LogP contribution < -0.4 is 9.64 Å². The Morgan fingerprint density at radius 2 is 1.66 bits per heavy atom. The van der Waals surface area contributed by atoms with E-state index in [4.69, 9.17) is 9.47 Å². The number of esters is 1. The number of nitrogens with zero attached hydrogens (tertiary/aromatic N) is 3. The van der Waals surface area contributed by atoms with Crippen LogP contribution in [0.3, 0.4) is 0 Å². The summed E-state index contributed by atoms with van der Waals surface area (Å²) in [5.74, 6) is -1.47. The molecule has 2 aliphatic rings. The molecule has 156 valence electrons. The van der Waals surface area contributed by atoms with E-state index in [1.54, 1.807) is 48.1 Å². The molecule has 9 nitrogen and oxygen atoms in total. The van der Waals surface area contributed by atoms with Crippen molar-refractivity contribution in [1.29, 1.82) is 0 Å². The number of hydrogen-bond acceptors (Lipinski definition) is 6. The normalized spacial score (nSPS) is 19.3. The van der Waals surface area contributed by atoms with Crippen LogP contribution in [-0.4, -0.2) is 79.9 Å². The Balaban J connectivity index is 1.55. The van der Waals surface area contributed by atoms with Crippen molar-refractivity contribution < 1.29 is 28.7 Å². The molecule has 2 aliphatic heterocycles. The number of ether oxygens (including phenoxy) is 2. The molecule has 0 radical (unpaired) electrons. The van der Waals surface area contributed by atoms with Gasteiger partial charge in [0.05, 0.1) is 19.6 Å². The third-order valence-corrected chi connectivity index (χ3v) is 5.19. The highest BCUT2D eigenvalue weighted by Crippen LogP contribution is 2.28. The molecular formula is C20H25N3O6. The summed E-state index contributed by atoms with van der Waals surface area (Å²) in [5.41, 5.74) is 0.732. The zero-order valence-corrected chi connectivity index (χ0v) is 16.6. The third kappa shape index (κ3) is 4.49. The predicted octanol–water partition coefficient (Wildman–Crippen LogP) is 0.282. The van der Waals surface area contributed by atoms with Crippen molar-refractivity contribution in [3.63, 3.8) is 0 Å². The topological polar surface area (TPSA) is 96.5 Å². The average Bonchev–Trinajstić information content (AvgIpc) is 3.14. The van der Waals surface area contributed by atoms with E-state index in [2.05, 4.69) is 0 Å². The minimum Gasteiger partial charge on any atom is -0.497 e. The molecule has 3 rings (SSSR count). The van der Waals surface area contributed by atoms with Crippen LogP contribution in [0.15, 0.2) is 24.3 Å². The number of rotatable bonds is 4. The third-order valence-electron chi connectivity index (χ3n) is 5.19. The minimum absolute atomic E-state index is 0.0929. The van der Waals surface area contributed by atoms with Gasteiger partial charge in [0.2, 0.25) is 11.8 Å². The van der Waals surface area contributed by atoms with Gasteiger partial charge in [0, 0.05) is 44.8 Å². The molecule has 1 aromatic carbocycles. The van der Waals surface area contributed by atoms with Gasteiger partial charge in [-0.05, 0) is 31.2 Å². The van der Waals surface area contributed by atoms with Gasteiger partial charge in [-0.2, -0.15) is 0 Å². The number of carbonyl (C=O) groups is 4. The van der Waals surface area contributed by atoms with Crippen LogP contribution in [0, 0.1) is 5.92 Å². The van der Waals surface area contributed by atoms with Crippen LogP contribution >= 0.6 is 0 Å². The summed E-state index contributed by atoms with van der Waals surface area (Å²) in [6.45, 7) is 3.31. The summed E-state index contributed by atoms with van der Waals surface area (Å²) in [6, 6.07) is 7.14. The van der Waals surface area contributed by atoms with Crippen molar-refractivity contribution in [3.05, 3.63) is 24.3 Å². The highest BCUT2D eigenvalue weighted by molar-refractivity contribution is 6.32. The maximum absolute atomic E-state index is 12.9. The molecule has 29 heavy (non-hydrogen) atoms. The first-order chi connectivity index (χ1) is 13.9. The molecule has 0 aromatic heterocycles. The van der Waals surface area contributed by atoms with E-state index < -0.39 is 17.8 Å². The van der Waals surface area contributed by atoms with Crippen LogP contribution in [-0.2, 0) is 23.9 Å². The number of amides is 3. The second-order valence-electron chi connectivity index (χ2n) is 6.94. The Labute approximate surface area is 169 Å². The average molecular weight is 403 g/mol. The SMILES string of the molecule is CCOC(=O)C(=O)N1CCN(C(=O)[C@@H]2CC(=O)N(c3ccc(OC)cc3)C2)CC1. The van der Waals surface area contributed by atoms with Gasteiger partial charge in [-0.25, -0.2) is 4.79 Å². The Morgan fingerprint density at radius 1 is 1.03 bits per heavy atom. The first-order valence-corrected chi connectivity index (χ1v) is 9.63. The fraction of sp³-hybridized carbons (Fsp3) is 0.500. The second-order valence-corrected chi connectivity index (χ2v) is 6.94. The molecule has 0 unspecified atom stereocenters. The van der Waals surface area contributed by atoms with Crippen LogP contribution in [0.5, 0.6) is 5.75 Å². The first kappa shape index (κ1) is 20.6. The molecule has 0 aliphatic carbocycles. The molecule has 1 aromatic rings. The molecule has 9 heteroatoms. The summed E-state index contributed by atoms with van der Waals surface area (Å²) >= 11 is 0. The van der Waals surface area contributed by atoms with Crippen molar-refractivity contribution in [2.75, 3.05) is 51.3 Å². The molecule has 0 spiro atoms. The van der Waals surface area contributed by atoms with E-state index in [1.165, 1.54) is 4.90 Å². The van der Waals surface area contributed by atoms with Crippen molar-refractivity contribution >= 4 is 29.4 Å². The maximum atomic E-state index is 12.9. The number of carbonyl (C=O) groups excluding carboxylic acids is 4. The van der Waals surface area contributed by atoms with Crippen molar-refractivity contribution in [1.82, 2.24) is 9.80 Å². The summed E-state index contributed by atoms with van der Waals surface area (Å²) in [6.07, 6.45) is 0.160. The summed E-state index contributed by atoms with van der Waals surface area (Å²) in [5, 5.41) is 0. The van der Waals surface area contributed by atoms with Crippen molar-refractivity contribution in [3.8, 4) is 5.75 Å². The highest BCUT2D eigenvalue weighted by Gasteiger charge is 2.38. The number of methoxy groups -OCH3 is 1. The molecule has 2 saturated heterocycles. The number of piperazine rings is 1. The van der Waals surface area contributed by atoms with Crippen LogP contribution in [0.2, 0.25) is 0 Å². The second kappa shape index (κ2) is 8.93. The predicted molar refractivity (Wildman–Crippen MR) is 103 cm³/mol. The summed E-state index contributed by atoms with van der Waals surface area (Å²) < 4.78 is 9.86. The Kier molecular flexibility index (Phi) is 6.36. The Bertz CT molecular complexity index is 786. The lowest BCUT2D eigenvalue weighted by atomic mass is 10.1. The summed E-state index contributed by atoms with van der Waals surface area (Å²) in [7, 11) is 1.57. The van der Waals surface area contributed by atoms with Gasteiger partial charge in [-0.15, -0.1) is 0 Å².